The first kappa shape index (κ1) is 99.6. The Labute approximate surface area is 639 Å². The number of phosphoric acid groups is 2. The maximum atomic E-state index is 13.1. The first-order chi connectivity index (χ1) is 51.7. The van der Waals surface area contributed by atoms with Crippen LogP contribution in [0.15, 0.2) is 207 Å². The van der Waals surface area contributed by atoms with Crippen molar-refractivity contribution in [1.82, 2.24) is 0 Å². The zero-order valence-electron chi connectivity index (χ0n) is 65.0. The summed E-state index contributed by atoms with van der Waals surface area (Å²) in [5.41, 5.74) is 0. The first-order valence-electron chi connectivity index (χ1n) is 39.3. The normalized spacial score (nSPS) is 15.0. The van der Waals surface area contributed by atoms with Gasteiger partial charge in [-0.25, -0.2) is 9.13 Å². The first-order valence-corrected chi connectivity index (χ1v) is 42.3. The number of esters is 4. The van der Waals surface area contributed by atoms with Crippen LogP contribution in [-0.2, 0) is 65.4 Å². The number of aliphatic hydroxyl groups is 1. The number of rotatable bonds is 71. The standard InChI is InChI=1S/C87H136O17P2/c1-5-9-13-17-21-25-29-33-37-39-40-42-46-48-52-56-60-64-68-72-85(90)98-78-83(104-87(92)74-70-66-62-58-54-50-44-36-32-28-24-20-16-12-8-4)80-102-106(95,96)100-76-81(88)75-99-105(93,94)101-79-82(103-86(91)73-69-65-61-57-53-49-43-35-31-27-23-19-15-11-7-3)77-97-84(89)71-67-63-59-55-51-47-45-41-38-34-30-26-22-18-14-10-6-2/h9-11,13-15,21-23,25-27,33-38,40,42-45,47-48,52-53,55,57,59-60,64-65,69,81-83,88H,5-8,12,16-20,24,28-32,39,41,46,49-51,54,56,58,61-63,66-68,70-80H2,1-4H3,(H,93,94)(H,95,96)/b13-9-,14-10-,15-11-,25-21-,26-22-,27-23-,37-33-,38-34-,42-40-,43-35-,44-36-,47-45-,52-48-,57-53-,59-55-,64-60-,69-65-. The van der Waals surface area contributed by atoms with Crippen molar-refractivity contribution in [2.24, 2.45) is 0 Å². The predicted octanol–water partition coefficient (Wildman–Crippen LogP) is 23.1. The van der Waals surface area contributed by atoms with Crippen LogP contribution in [0.3, 0.4) is 0 Å². The van der Waals surface area contributed by atoms with Gasteiger partial charge in [-0.3, -0.25) is 37.3 Å². The van der Waals surface area contributed by atoms with Gasteiger partial charge in [0.1, 0.15) is 19.3 Å². The number of allylic oxidation sites excluding steroid dienone is 33. The molecule has 17 nitrogen and oxygen atoms in total. The molecular formula is C87H136O17P2. The van der Waals surface area contributed by atoms with Gasteiger partial charge in [0.15, 0.2) is 12.2 Å². The predicted molar refractivity (Wildman–Crippen MR) is 435 cm³/mol. The zero-order valence-corrected chi connectivity index (χ0v) is 66.8. The SMILES string of the molecule is CC/C=C\C/C=C\C/C=C\C/C=C\C/C=C\C/C=C\CCC(=O)OCC(COP(=O)(O)OCC(O)COP(=O)(O)OCC(COC(=O)CCC/C=C\C/C=C\C/C=C\C/C=C\C/C=C\CC)OC(=O)C/C=C\C/C=C\C/C=C\C/C=C\C/C=C\CC)OC(=O)CCCCCCC/C=C\CCCCCCCC. The highest BCUT2D eigenvalue weighted by molar-refractivity contribution is 7.47. The zero-order chi connectivity index (χ0) is 77.4. The van der Waals surface area contributed by atoms with E-state index in [9.17, 15) is 43.2 Å². The molecule has 0 aliphatic rings. The molecule has 0 aliphatic carbocycles. The molecule has 596 valence electrons. The Kier molecular flexibility index (Phi) is 72.2. The lowest BCUT2D eigenvalue weighted by Gasteiger charge is -2.21. The number of hydrogen-bond donors (Lipinski definition) is 3. The third kappa shape index (κ3) is 75.9. The van der Waals surface area contributed by atoms with Gasteiger partial charge in [-0.2, -0.15) is 0 Å². The smallest absolute Gasteiger partial charge is 0.462 e. The fourth-order valence-electron chi connectivity index (χ4n) is 9.41. The van der Waals surface area contributed by atoms with Crippen molar-refractivity contribution >= 4 is 39.5 Å². The number of carbonyl (C=O) groups excluding carboxylic acids is 4. The number of ether oxygens (including phenoxy) is 4. The average molecular weight is 1520 g/mol. The molecule has 0 aromatic carbocycles. The Morgan fingerprint density at radius 2 is 0.557 bits per heavy atom. The third-order valence-electron chi connectivity index (χ3n) is 15.3. The van der Waals surface area contributed by atoms with Crippen molar-refractivity contribution in [3.63, 3.8) is 0 Å². The van der Waals surface area contributed by atoms with Gasteiger partial charge >= 0.3 is 39.5 Å². The average Bonchev–Trinajstić information content (AvgIpc) is 0.909. The van der Waals surface area contributed by atoms with Crippen LogP contribution in [0.5, 0.6) is 0 Å². The third-order valence-corrected chi connectivity index (χ3v) is 17.2. The molecule has 0 saturated carbocycles. The molecular weight excluding hydrogens is 1380 g/mol. The van der Waals surface area contributed by atoms with E-state index in [2.05, 4.69) is 180 Å². The molecule has 0 rings (SSSR count). The van der Waals surface area contributed by atoms with Crippen molar-refractivity contribution in [2.45, 2.75) is 277 Å². The summed E-state index contributed by atoms with van der Waals surface area (Å²) in [4.78, 5) is 72.9. The van der Waals surface area contributed by atoms with Crippen LogP contribution in [0.1, 0.15) is 259 Å². The van der Waals surface area contributed by atoms with Gasteiger partial charge in [0, 0.05) is 19.3 Å². The van der Waals surface area contributed by atoms with E-state index in [0.29, 0.717) is 38.5 Å². The van der Waals surface area contributed by atoms with E-state index in [1.807, 2.05) is 42.5 Å². The summed E-state index contributed by atoms with van der Waals surface area (Å²) in [7, 11) is -10.0. The monoisotopic (exact) mass is 1510 g/mol. The second-order valence-electron chi connectivity index (χ2n) is 25.2. The van der Waals surface area contributed by atoms with Gasteiger partial charge in [-0.1, -0.05) is 286 Å². The van der Waals surface area contributed by atoms with Crippen molar-refractivity contribution in [2.75, 3.05) is 39.6 Å². The van der Waals surface area contributed by atoms with E-state index in [0.717, 1.165) is 128 Å². The van der Waals surface area contributed by atoms with Crippen LogP contribution in [0.2, 0.25) is 0 Å². The van der Waals surface area contributed by atoms with Crippen LogP contribution in [0, 0.1) is 0 Å². The van der Waals surface area contributed by atoms with Crippen molar-refractivity contribution < 1.29 is 80.2 Å². The van der Waals surface area contributed by atoms with Gasteiger partial charge in [0.2, 0.25) is 0 Å². The van der Waals surface area contributed by atoms with E-state index < -0.39 is 97.5 Å². The molecule has 0 spiro atoms. The van der Waals surface area contributed by atoms with Crippen LogP contribution < -0.4 is 0 Å². The highest BCUT2D eigenvalue weighted by atomic mass is 31.2. The van der Waals surface area contributed by atoms with E-state index >= 15 is 0 Å². The van der Waals surface area contributed by atoms with E-state index in [1.165, 1.54) is 38.5 Å². The summed E-state index contributed by atoms with van der Waals surface area (Å²) in [5, 5.41) is 10.6. The highest BCUT2D eigenvalue weighted by Crippen LogP contribution is 2.45. The molecule has 106 heavy (non-hydrogen) atoms. The van der Waals surface area contributed by atoms with Crippen LogP contribution >= 0.6 is 15.6 Å². The number of phosphoric ester groups is 2. The second kappa shape index (κ2) is 76.8. The second-order valence-corrected chi connectivity index (χ2v) is 28.1. The van der Waals surface area contributed by atoms with E-state index in [4.69, 9.17) is 37.0 Å². The fraction of sp³-hybridized carbons (Fsp3) is 0.563. The minimum atomic E-state index is -5.03. The lowest BCUT2D eigenvalue weighted by Crippen LogP contribution is -2.30. The Morgan fingerprint density at radius 3 is 0.934 bits per heavy atom. The molecule has 0 saturated heterocycles. The molecule has 3 N–H and O–H groups in total. The molecule has 0 amide bonds. The quantitative estimate of drug-likeness (QED) is 0.0169. The Morgan fingerprint density at radius 1 is 0.283 bits per heavy atom. The van der Waals surface area contributed by atoms with Crippen LogP contribution in [0.25, 0.3) is 0 Å². The Balaban J connectivity index is 5.57. The number of carbonyl (C=O) groups is 4. The maximum absolute atomic E-state index is 13.1. The van der Waals surface area contributed by atoms with Gasteiger partial charge in [-0.05, 0) is 154 Å². The molecule has 0 radical (unpaired) electrons. The van der Waals surface area contributed by atoms with Crippen LogP contribution in [-0.4, -0.2) is 96.7 Å². The lowest BCUT2D eigenvalue weighted by molar-refractivity contribution is -0.161. The lowest BCUT2D eigenvalue weighted by atomic mass is 10.1. The summed E-state index contributed by atoms with van der Waals surface area (Å²) in [6, 6.07) is 0. The number of hydrogen-bond acceptors (Lipinski definition) is 15. The maximum Gasteiger partial charge on any atom is 0.472 e. The minimum Gasteiger partial charge on any atom is -0.462 e. The molecule has 0 aromatic heterocycles. The molecule has 0 aromatic rings. The molecule has 19 heteroatoms. The molecule has 0 bridgehead atoms. The minimum absolute atomic E-state index is 0.0236. The molecule has 0 fully saturated rings. The van der Waals surface area contributed by atoms with Gasteiger partial charge < -0.3 is 33.8 Å². The van der Waals surface area contributed by atoms with Gasteiger partial charge in [0.05, 0.1) is 32.8 Å². The summed E-state index contributed by atoms with van der Waals surface area (Å²) in [5.74, 6) is -2.53. The number of aliphatic hydroxyl groups excluding tert-OH is 1. The van der Waals surface area contributed by atoms with E-state index in [-0.39, 0.29) is 25.7 Å². The summed E-state index contributed by atoms with van der Waals surface area (Å²) >= 11 is 0. The fourth-order valence-corrected chi connectivity index (χ4v) is 11.0. The molecule has 0 aliphatic heterocycles. The Hall–Kier alpha value is -6.36. The number of unbranched alkanes of at least 4 members (excludes halogenated alkanes) is 12. The summed E-state index contributed by atoms with van der Waals surface area (Å²) in [6.45, 7) is 4.21. The van der Waals surface area contributed by atoms with Crippen molar-refractivity contribution in [1.29, 1.82) is 0 Å². The highest BCUT2D eigenvalue weighted by Gasteiger charge is 2.30. The Bertz CT molecular complexity index is 2830. The van der Waals surface area contributed by atoms with Gasteiger partial charge in [-0.15, -0.1) is 0 Å². The van der Waals surface area contributed by atoms with Crippen LogP contribution in [0.4, 0.5) is 0 Å². The van der Waals surface area contributed by atoms with Crippen molar-refractivity contribution in [3.05, 3.63) is 207 Å². The molecule has 5 atom stereocenters. The molecule has 5 unspecified atom stereocenters. The summed E-state index contributed by atoms with van der Waals surface area (Å²) < 4.78 is 68.3. The topological polar surface area (TPSA) is 237 Å². The van der Waals surface area contributed by atoms with Crippen molar-refractivity contribution in [3.8, 4) is 0 Å². The van der Waals surface area contributed by atoms with E-state index in [1.54, 1.807) is 12.2 Å². The van der Waals surface area contributed by atoms with Gasteiger partial charge in [0.25, 0.3) is 0 Å². The largest absolute Gasteiger partial charge is 0.472 e. The molecule has 0 heterocycles. The summed E-state index contributed by atoms with van der Waals surface area (Å²) in [6.07, 6.45) is 95.8.